The minimum absolute atomic E-state index is 0.0391. The van der Waals surface area contributed by atoms with Crippen molar-refractivity contribution in [2.75, 3.05) is 56.2 Å². The standard InChI is InChI=1S/C22H29N3O3/c1-3-27-19-10-11-21(28-4-2)20(16-19)23-22(26)17-24-12-14-25(15-13-24)18-8-6-5-7-9-18/h5-11,16H,3-4,12-15,17H2,1-2H3,(H,23,26). The smallest absolute Gasteiger partial charge is 0.238 e. The summed E-state index contributed by atoms with van der Waals surface area (Å²) < 4.78 is 11.2. The summed E-state index contributed by atoms with van der Waals surface area (Å²) in [6.45, 7) is 8.90. The molecule has 2 aromatic rings. The molecule has 1 amide bonds. The zero-order chi connectivity index (χ0) is 19.8. The number of amides is 1. The van der Waals surface area contributed by atoms with E-state index < -0.39 is 0 Å². The van der Waals surface area contributed by atoms with Crippen molar-refractivity contribution < 1.29 is 14.3 Å². The molecule has 3 rings (SSSR count). The Morgan fingerprint density at radius 3 is 2.36 bits per heavy atom. The molecule has 0 spiro atoms. The van der Waals surface area contributed by atoms with Gasteiger partial charge in [-0.1, -0.05) is 18.2 Å². The van der Waals surface area contributed by atoms with E-state index in [9.17, 15) is 4.79 Å². The highest BCUT2D eigenvalue weighted by Gasteiger charge is 2.20. The second-order valence-corrected chi connectivity index (χ2v) is 6.67. The molecule has 1 heterocycles. The molecular weight excluding hydrogens is 354 g/mol. The maximum absolute atomic E-state index is 12.6. The molecule has 0 aromatic heterocycles. The van der Waals surface area contributed by atoms with E-state index >= 15 is 0 Å². The number of hydrogen-bond donors (Lipinski definition) is 1. The fraction of sp³-hybridized carbons (Fsp3) is 0.409. The Bertz CT molecular complexity index is 759. The minimum atomic E-state index is -0.0391. The van der Waals surface area contributed by atoms with Crippen LogP contribution in [-0.2, 0) is 4.79 Å². The number of piperazine rings is 1. The zero-order valence-corrected chi connectivity index (χ0v) is 16.7. The second-order valence-electron chi connectivity index (χ2n) is 6.67. The van der Waals surface area contributed by atoms with E-state index in [1.54, 1.807) is 0 Å². The first-order valence-electron chi connectivity index (χ1n) is 9.91. The van der Waals surface area contributed by atoms with Gasteiger partial charge in [-0.05, 0) is 38.1 Å². The van der Waals surface area contributed by atoms with Crippen LogP contribution >= 0.6 is 0 Å². The molecule has 0 saturated carbocycles. The van der Waals surface area contributed by atoms with Gasteiger partial charge in [0.2, 0.25) is 5.91 Å². The van der Waals surface area contributed by atoms with Gasteiger partial charge in [-0.2, -0.15) is 0 Å². The van der Waals surface area contributed by atoms with Crippen LogP contribution in [0.15, 0.2) is 48.5 Å². The van der Waals surface area contributed by atoms with E-state index in [2.05, 4.69) is 39.4 Å². The molecule has 0 unspecified atom stereocenters. The third kappa shape index (κ3) is 5.39. The molecule has 1 N–H and O–H groups in total. The number of carbonyl (C=O) groups excluding carboxylic acids is 1. The average Bonchev–Trinajstić information content (AvgIpc) is 2.71. The van der Waals surface area contributed by atoms with Crippen LogP contribution in [-0.4, -0.2) is 56.7 Å². The van der Waals surface area contributed by atoms with Crippen LogP contribution in [0, 0.1) is 0 Å². The van der Waals surface area contributed by atoms with E-state index in [1.807, 2.05) is 38.1 Å². The Morgan fingerprint density at radius 2 is 1.68 bits per heavy atom. The lowest BCUT2D eigenvalue weighted by Gasteiger charge is -2.35. The Hall–Kier alpha value is -2.73. The topological polar surface area (TPSA) is 54.0 Å². The summed E-state index contributed by atoms with van der Waals surface area (Å²) in [5, 5.41) is 2.99. The van der Waals surface area contributed by atoms with Gasteiger partial charge in [-0.3, -0.25) is 9.69 Å². The lowest BCUT2D eigenvalue weighted by atomic mass is 10.2. The molecule has 28 heavy (non-hydrogen) atoms. The molecule has 0 atom stereocenters. The summed E-state index contributed by atoms with van der Waals surface area (Å²) in [6, 6.07) is 15.9. The van der Waals surface area contributed by atoms with Gasteiger partial charge in [0, 0.05) is 37.9 Å². The maximum Gasteiger partial charge on any atom is 0.238 e. The summed E-state index contributed by atoms with van der Waals surface area (Å²) in [7, 11) is 0. The van der Waals surface area contributed by atoms with Gasteiger partial charge in [-0.15, -0.1) is 0 Å². The van der Waals surface area contributed by atoms with Crippen LogP contribution in [0.4, 0.5) is 11.4 Å². The molecule has 1 saturated heterocycles. The van der Waals surface area contributed by atoms with Crippen molar-refractivity contribution in [2.45, 2.75) is 13.8 Å². The van der Waals surface area contributed by atoms with E-state index in [1.165, 1.54) is 5.69 Å². The third-order valence-electron chi connectivity index (χ3n) is 4.70. The molecule has 0 radical (unpaired) electrons. The minimum Gasteiger partial charge on any atom is -0.494 e. The normalized spacial score (nSPS) is 14.6. The van der Waals surface area contributed by atoms with E-state index in [-0.39, 0.29) is 5.91 Å². The fourth-order valence-corrected chi connectivity index (χ4v) is 3.34. The highest BCUT2D eigenvalue weighted by Crippen LogP contribution is 2.29. The number of benzene rings is 2. The van der Waals surface area contributed by atoms with Gasteiger partial charge in [0.05, 0.1) is 25.4 Å². The van der Waals surface area contributed by atoms with Crippen LogP contribution in [0.3, 0.4) is 0 Å². The predicted octanol–water partition coefficient (Wildman–Crippen LogP) is 3.24. The molecule has 2 aromatic carbocycles. The quantitative estimate of drug-likeness (QED) is 0.758. The van der Waals surface area contributed by atoms with Crippen molar-refractivity contribution in [1.82, 2.24) is 4.90 Å². The van der Waals surface area contributed by atoms with Crippen molar-refractivity contribution in [1.29, 1.82) is 0 Å². The fourth-order valence-electron chi connectivity index (χ4n) is 3.34. The number of nitrogens with zero attached hydrogens (tertiary/aromatic N) is 2. The van der Waals surface area contributed by atoms with Crippen molar-refractivity contribution >= 4 is 17.3 Å². The molecule has 150 valence electrons. The Kier molecular flexibility index (Phi) is 7.14. The summed E-state index contributed by atoms with van der Waals surface area (Å²) >= 11 is 0. The van der Waals surface area contributed by atoms with Crippen LogP contribution in [0.5, 0.6) is 11.5 Å². The Labute approximate surface area is 167 Å². The van der Waals surface area contributed by atoms with Gasteiger partial charge < -0.3 is 19.7 Å². The molecule has 0 aliphatic carbocycles. The van der Waals surface area contributed by atoms with Gasteiger partial charge in [-0.25, -0.2) is 0 Å². The first kappa shape index (κ1) is 20.0. The third-order valence-corrected chi connectivity index (χ3v) is 4.70. The summed E-state index contributed by atoms with van der Waals surface area (Å²) in [5.41, 5.74) is 1.89. The number of anilines is 2. The molecule has 1 aliphatic rings. The summed E-state index contributed by atoms with van der Waals surface area (Å²) in [4.78, 5) is 17.1. The number of rotatable bonds is 8. The second kappa shape index (κ2) is 9.99. The van der Waals surface area contributed by atoms with Crippen LogP contribution in [0.2, 0.25) is 0 Å². The summed E-state index contributed by atoms with van der Waals surface area (Å²) in [5.74, 6) is 1.34. The lowest BCUT2D eigenvalue weighted by Crippen LogP contribution is -2.48. The Balaban J connectivity index is 1.55. The van der Waals surface area contributed by atoms with Crippen molar-refractivity contribution in [2.24, 2.45) is 0 Å². The molecule has 6 heteroatoms. The SMILES string of the molecule is CCOc1ccc(OCC)c(NC(=O)CN2CCN(c3ccccc3)CC2)c1. The maximum atomic E-state index is 12.6. The van der Waals surface area contributed by atoms with Crippen LogP contribution in [0.25, 0.3) is 0 Å². The van der Waals surface area contributed by atoms with Gasteiger partial charge in [0.1, 0.15) is 11.5 Å². The number of carbonyl (C=O) groups is 1. The lowest BCUT2D eigenvalue weighted by molar-refractivity contribution is -0.117. The highest BCUT2D eigenvalue weighted by atomic mass is 16.5. The molecule has 1 fully saturated rings. The molecule has 1 aliphatic heterocycles. The first-order valence-corrected chi connectivity index (χ1v) is 9.91. The molecule has 0 bridgehead atoms. The van der Waals surface area contributed by atoms with Gasteiger partial charge in [0.15, 0.2) is 0 Å². The number of para-hydroxylation sites is 1. The van der Waals surface area contributed by atoms with E-state index in [0.29, 0.717) is 31.2 Å². The first-order chi connectivity index (χ1) is 13.7. The van der Waals surface area contributed by atoms with Gasteiger partial charge >= 0.3 is 0 Å². The van der Waals surface area contributed by atoms with E-state index in [0.717, 1.165) is 31.9 Å². The Morgan fingerprint density at radius 1 is 0.964 bits per heavy atom. The number of hydrogen-bond acceptors (Lipinski definition) is 5. The monoisotopic (exact) mass is 383 g/mol. The van der Waals surface area contributed by atoms with Crippen molar-refractivity contribution in [3.8, 4) is 11.5 Å². The summed E-state index contributed by atoms with van der Waals surface area (Å²) in [6.07, 6.45) is 0. The number of ether oxygens (including phenoxy) is 2. The van der Waals surface area contributed by atoms with Crippen LogP contribution < -0.4 is 19.7 Å². The highest BCUT2D eigenvalue weighted by molar-refractivity contribution is 5.94. The van der Waals surface area contributed by atoms with E-state index in [4.69, 9.17) is 9.47 Å². The molecular formula is C22H29N3O3. The van der Waals surface area contributed by atoms with Gasteiger partial charge in [0.25, 0.3) is 0 Å². The van der Waals surface area contributed by atoms with Crippen LogP contribution in [0.1, 0.15) is 13.8 Å². The largest absolute Gasteiger partial charge is 0.494 e. The predicted molar refractivity (Wildman–Crippen MR) is 113 cm³/mol. The number of nitrogens with one attached hydrogen (secondary N) is 1. The average molecular weight is 383 g/mol. The van der Waals surface area contributed by atoms with Crippen molar-refractivity contribution in [3.05, 3.63) is 48.5 Å². The molecule has 6 nitrogen and oxygen atoms in total. The van der Waals surface area contributed by atoms with Crippen molar-refractivity contribution in [3.63, 3.8) is 0 Å². The zero-order valence-electron chi connectivity index (χ0n) is 16.7.